The largest absolute Gasteiger partial charge is 4.00 e. The molecule has 0 aliphatic heterocycles. The van der Waals surface area contributed by atoms with Crippen LogP contribution in [0.3, 0.4) is 0 Å². The van der Waals surface area contributed by atoms with Crippen LogP contribution in [-0.2, 0) is 25.8 Å². The van der Waals surface area contributed by atoms with Gasteiger partial charge in [0.25, 0.3) is 0 Å². The fraction of sp³-hybridized carbons (Fsp3) is 0.500. The van der Waals surface area contributed by atoms with Crippen LogP contribution in [0.25, 0.3) is 0 Å². The normalized spacial score (nSPS) is 25.5. The quantitative estimate of drug-likeness (QED) is 0.239. The molecule has 4 aliphatic rings. The van der Waals surface area contributed by atoms with Gasteiger partial charge in [-0.2, -0.15) is 11.1 Å². The molecular weight excluding hydrogens is 553 g/mol. The van der Waals surface area contributed by atoms with Gasteiger partial charge in [-0.3, -0.25) is 0 Å². The van der Waals surface area contributed by atoms with Crippen molar-refractivity contribution in [3.8, 4) is 0 Å². The Kier molecular flexibility index (Phi) is 11.8. The van der Waals surface area contributed by atoms with Crippen molar-refractivity contribution in [2.75, 3.05) is 0 Å². The Balaban J connectivity index is 0.000000430. The third-order valence-electron chi connectivity index (χ3n) is 5.29. The summed E-state index contributed by atoms with van der Waals surface area (Å²) in [6.07, 6.45) is 23.6. The average Bonchev–Trinajstić information content (AvgIpc) is 3.14. The second kappa shape index (κ2) is 11.5. The molecule has 4 rings (SSSR count). The Hall–Kier alpha value is 0.657. The van der Waals surface area contributed by atoms with Crippen LogP contribution in [0.4, 0.5) is 0 Å². The van der Waals surface area contributed by atoms with Crippen molar-refractivity contribution < 1.29 is 50.7 Å². The van der Waals surface area contributed by atoms with E-state index < -0.39 is 7.38 Å². The van der Waals surface area contributed by atoms with Crippen molar-refractivity contribution in [2.24, 2.45) is 11.8 Å². The maximum absolute atomic E-state index is 6.50. The number of fused-ring (bicyclic) bond motifs is 2. The summed E-state index contributed by atoms with van der Waals surface area (Å²) in [6, 6.07) is 0. The molecule has 0 spiro atoms. The van der Waals surface area contributed by atoms with Gasteiger partial charge in [0.2, 0.25) is 0 Å². The van der Waals surface area contributed by atoms with Crippen LogP contribution in [0.5, 0.6) is 0 Å². The first kappa shape index (κ1) is 25.7. The molecule has 0 aromatic carbocycles. The van der Waals surface area contributed by atoms with Crippen LogP contribution >= 0.6 is 11.1 Å². The van der Waals surface area contributed by atoms with Gasteiger partial charge in [-0.05, 0) is 24.7 Å². The molecule has 2 fully saturated rings. The van der Waals surface area contributed by atoms with Crippen molar-refractivity contribution >= 4 is 18.5 Å². The Morgan fingerprint density at radius 3 is 2.32 bits per heavy atom. The smallest absolute Gasteiger partial charge is 1.00 e. The number of halogens is 3. The van der Waals surface area contributed by atoms with E-state index >= 15 is 0 Å². The molecule has 0 nitrogen and oxygen atoms in total. The number of hydrogen-bond acceptors (Lipinski definition) is 0. The van der Waals surface area contributed by atoms with E-state index in [-0.39, 0.29) is 50.7 Å². The van der Waals surface area contributed by atoms with Crippen LogP contribution in [-0.4, -0.2) is 7.38 Å². The maximum Gasteiger partial charge on any atom is 4.00 e. The van der Waals surface area contributed by atoms with Crippen molar-refractivity contribution in [2.45, 2.75) is 51.6 Å². The van der Waals surface area contributed by atoms with E-state index in [1.807, 2.05) is 0 Å². The van der Waals surface area contributed by atoms with Gasteiger partial charge in [-0.1, -0.05) is 32.4 Å². The predicted molar refractivity (Wildman–Crippen MR) is 100 cm³/mol. The summed E-state index contributed by atoms with van der Waals surface area (Å²) in [6.45, 7) is 4.48. The van der Waals surface area contributed by atoms with E-state index in [2.05, 4.69) is 56.0 Å². The molecule has 0 aromatic heterocycles. The second-order valence-corrected chi connectivity index (χ2v) is 13.7. The average molecular weight is 580 g/mol. The summed E-state index contributed by atoms with van der Waals surface area (Å²) in [5.74, 6) is 1.68. The molecule has 2 atom stereocenters. The van der Waals surface area contributed by atoms with E-state index in [0.29, 0.717) is 0 Å². The number of hydrogen-bond donors (Lipinski definition) is 0. The molecular formula is C20H27Cl3HfSi. The number of allylic oxidation sites excluding steroid dienone is 8. The van der Waals surface area contributed by atoms with Crippen molar-refractivity contribution in [3.05, 3.63) is 59.6 Å². The Labute approximate surface area is 191 Å². The second-order valence-electron chi connectivity index (χ2n) is 7.28. The molecule has 0 radical (unpaired) electrons. The molecule has 0 saturated heterocycles. The SMILES string of the molecule is C1=CCC2CC[CH-]C2=C1.C[Si](C)(Cl)[C-]1CCC2CC=CC=C12.[Cl-].[Cl-].[Hf+4]. The summed E-state index contributed by atoms with van der Waals surface area (Å²) in [5.41, 5.74) is 4.76. The molecule has 5 heteroatoms. The molecule has 0 bridgehead atoms. The molecule has 0 N–H and O–H groups in total. The minimum Gasteiger partial charge on any atom is -1.00 e. The van der Waals surface area contributed by atoms with Crippen molar-refractivity contribution in [1.29, 1.82) is 0 Å². The van der Waals surface area contributed by atoms with Gasteiger partial charge in [0.05, 0.1) is 7.38 Å². The van der Waals surface area contributed by atoms with Crippen LogP contribution in [0.15, 0.2) is 47.6 Å². The summed E-state index contributed by atoms with van der Waals surface area (Å²) < 4.78 is 0. The molecule has 0 amide bonds. The van der Waals surface area contributed by atoms with Crippen molar-refractivity contribution in [3.63, 3.8) is 0 Å². The van der Waals surface area contributed by atoms with Crippen LogP contribution in [0, 0.1) is 23.8 Å². The fourth-order valence-corrected chi connectivity index (χ4v) is 6.39. The predicted octanol–water partition coefficient (Wildman–Crippen LogP) is 0.333. The fourth-order valence-electron chi connectivity index (χ4n) is 4.07. The number of rotatable bonds is 1. The summed E-state index contributed by atoms with van der Waals surface area (Å²) in [7, 11) is -1.55. The maximum atomic E-state index is 6.50. The first-order chi connectivity index (χ1) is 10.6. The minimum absolute atomic E-state index is 0. The third-order valence-corrected chi connectivity index (χ3v) is 7.95. The molecule has 0 heterocycles. The van der Waals surface area contributed by atoms with Gasteiger partial charge in [0, 0.05) is 0 Å². The van der Waals surface area contributed by atoms with Gasteiger partial charge < -0.3 is 24.8 Å². The Morgan fingerprint density at radius 2 is 1.68 bits per heavy atom. The summed E-state index contributed by atoms with van der Waals surface area (Å²) >= 11 is 6.50. The van der Waals surface area contributed by atoms with Gasteiger partial charge in [-0.15, -0.1) is 30.7 Å². The van der Waals surface area contributed by atoms with Gasteiger partial charge in [0.15, 0.2) is 0 Å². The molecule has 4 aliphatic carbocycles. The summed E-state index contributed by atoms with van der Waals surface area (Å²) in [4.78, 5) is 0. The Morgan fingerprint density at radius 1 is 1.04 bits per heavy atom. The molecule has 136 valence electrons. The molecule has 0 aromatic rings. The third kappa shape index (κ3) is 6.64. The topological polar surface area (TPSA) is 0 Å². The first-order valence-electron chi connectivity index (χ1n) is 8.68. The minimum atomic E-state index is -1.55. The monoisotopic (exact) mass is 580 g/mol. The molecule has 25 heavy (non-hydrogen) atoms. The Bertz CT molecular complexity index is 532. The van der Waals surface area contributed by atoms with Gasteiger partial charge >= 0.3 is 25.8 Å². The zero-order valence-electron chi connectivity index (χ0n) is 15.1. The summed E-state index contributed by atoms with van der Waals surface area (Å²) in [5, 5.41) is 0. The molecule has 2 saturated carbocycles. The molecule has 2 unspecified atom stereocenters. The van der Waals surface area contributed by atoms with Gasteiger partial charge in [0.1, 0.15) is 0 Å². The zero-order valence-corrected chi connectivity index (χ0v) is 21.9. The van der Waals surface area contributed by atoms with E-state index in [1.54, 1.807) is 16.7 Å². The first-order valence-corrected chi connectivity index (χ1v) is 12.7. The van der Waals surface area contributed by atoms with E-state index in [4.69, 9.17) is 11.1 Å². The van der Waals surface area contributed by atoms with Crippen molar-refractivity contribution in [1.82, 2.24) is 0 Å². The van der Waals surface area contributed by atoms with Crippen LogP contribution in [0.1, 0.15) is 38.5 Å². The standard InChI is InChI=1S/C11H16ClSi.C9H11.2ClH.Hf/c1-13(2,12)11-8-7-9-5-3-4-6-10(9)11;1-2-5-9-7-3-6-8(9)4-1;;;/h3-4,6,9H,5,7-8H2,1-2H3;1-2,4,6,9H,3,5,7H2;2*1H;/q2*-1;;;+4/p-2. The zero-order chi connectivity index (χ0) is 15.6. The van der Waals surface area contributed by atoms with E-state index in [9.17, 15) is 0 Å². The van der Waals surface area contributed by atoms with Gasteiger partial charge in [-0.25, -0.2) is 35.3 Å². The van der Waals surface area contributed by atoms with Crippen LogP contribution < -0.4 is 24.8 Å². The van der Waals surface area contributed by atoms with Crippen LogP contribution in [0.2, 0.25) is 13.1 Å². The van der Waals surface area contributed by atoms with E-state index in [0.717, 1.165) is 11.8 Å². The van der Waals surface area contributed by atoms with E-state index in [1.165, 1.54) is 38.5 Å².